The average Bonchev–Trinajstić information content (AvgIpc) is 2.34. The van der Waals surface area contributed by atoms with Gasteiger partial charge in [0.2, 0.25) is 0 Å². The molecule has 0 aliphatic rings. The van der Waals surface area contributed by atoms with Gasteiger partial charge in [-0.05, 0) is 22.0 Å². The van der Waals surface area contributed by atoms with Gasteiger partial charge >= 0.3 is 0 Å². The van der Waals surface area contributed by atoms with Crippen molar-refractivity contribution in [1.82, 2.24) is 5.32 Å². The topological polar surface area (TPSA) is 84.6 Å². The zero-order valence-corrected chi connectivity index (χ0v) is 12.4. The molecule has 0 amide bonds. The number of hydrogen-bond acceptors (Lipinski definition) is 5. The quantitative estimate of drug-likeness (QED) is 0.590. The first-order valence-corrected chi connectivity index (χ1v) is 6.68. The minimum atomic E-state index is -0.673. The molecule has 6 nitrogen and oxygen atoms in total. The summed E-state index contributed by atoms with van der Waals surface area (Å²) in [5.41, 5.74) is -0.0627. The largest absolute Gasteiger partial charge is 0.489 e. The highest BCUT2D eigenvalue weighted by Crippen LogP contribution is 2.33. The molecule has 0 saturated heterocycles. The number of halogens is 1. The molecule has 19 heavy (non-hydrogen) atoms. The van der Waals surface area contributed by atoms with Crippen LogP contribution in [0, 0.1) is 10.1 Å². The highest BCUT2D eigenvalue weighted by Gasteiger charge is 2.16. The molecule has 7 heteroatoms. The molecule has 1 aromatic carbocycles. The third kappa shape index (κ3) is 5.14. The molecule has 1 rings (SSSR count). The lowest BCUT2D eigenvalue weighted by Gasteiger charge is -2.15. The van der Waals surface area contributed by atoms with Crippen molar-refractivity contribution >= 4 is 21.6 Å². The number of hydrogen-bond donors (Lipinski definition) is 2. The van der Waals surface area contributed by atoms with E-state index < -0.39 is 11.0 Å². The van der Waals surface area contributed by atoms with E-state index in [0.29, 0.717) is 12.3 Å². The van der Waals surface area contributed by atoms with Crippen molar-refractivity contribution in [2.45, 2.75) is 26.0 Å². The lowest BCUT2D eigenvalue weighted by molar-refractivity contribution is -0.385. The molecule has 0 radical (unpaired) electrons. The Kier molecular flexibility index (Phi) is 6.20. The lowest BCUT2D eigenvalue weighted by Crippen LogP contribution is -2.35. The van der Waals surface area contributed by atoms with E-state index >= 15 is 0 Å². The Bertz CT molecular complexity index is 440. The molecule has 0 aromatic heterocycles. The van der Waals surface area contributed by atoms with Crippen molar-refractivity contribution in [3.8, 4) is 5.75 Å². The maximum Gasteiger partial charge on any atom is 0.287 e. The number of rotatable bonds is 7. The van der Waals surface area contributed by atoms with E-state index in [0.717, 1.165) is 0 Å². The Morgan fingerprint density at radius 2 is 2.21 bits per heavy atom. The number of aliphatic hydroxyl groups excluding tert-OH is 1. The van der Waals surface area contributed by atoms with Crippen LogP contribution in [-0.2, 0) is 0 Å². The maximum atomic E-state index is 10.8. The van der Waals surface area contributed by atoms with Crippen LogP contribution in [0.1, 0.15) is 13.8 Å². The predicted molar refractivity (Wildman–Crippen MR) is 75.4 cm³/mol. The molecule has 0 aliphatic heterocycles. The van der Waals surface area contributed by atoms with E-state index in [1.54, 1.807) is 6.07 Å². The Labute approximate surface area is 120 Å². The van der Waals surface area contributed by atoms with Gasteiger partial charge in [0.15, 0.2) is 0 Å². The summed E-state index contributed by atoms with van der Waals surface area (Å²) in [6, 6.07) is 4.81. The molecule has 0 aliphatic carbocycles. The van der Waals surface area contributed by atoms with E-state index in [-0.39, 0.29) is 22.8 Å². The van der Waals surface area contributed by atoms with Crippen molar-refractivity contribution in [1.29, 1.82) is 0 Å². The number of ether oxygens (including phenoxy) is 1. The molecule has 0 fully saturated rings. The first kappa shape index (κ1) is 15.9. The molecule has 0 bridgehead atoms. The van der Waals surface area contributed by atoms with Gasteiger partial charge in [-0.1, -0.05) is 19.9 Å². The fourth-order valence-electron chi connectivity index (χ4n) is 1.37. The second kappa shape index (κ2) is 7.42. The van der Waals surface area contributed by atoms with Crippen LogP contribution in [0.2, 0.25) is 0 Å². The van der Waals surface area contributed by atoms with E-state index in [1.807, 2.05) is 13.8 Å². The van der Waals surface area contributed by atoms with Crippen LogP contribution in [0.15, 0.2) is 22.7 Å². The molecular formula is C12H17BrN2O4. The van der Waals surface area contributed by atoms with Crippen LogP contribution in [0.25, 0.3) is 0 Å². The van der Waals surface area contributed by atoms with Gasteiger partial charge in [-0.3, -0.25) is 10.1 Å². The number of aliphatic hydroxyl groups is 1. The Morgan fingerprint density at radius 3 is 2.79 bits per heavy atom. The number of benzene rings is 1. The van der Waals surface area contributed by atoms with Crippen molar-refractivity contribution in [2.24, 2.45) is 0 Å². The number of nitro groups is 1. The lowest BCUT2D eigenvalue weighted by atomic mass is 10.3. The fraction of sp³-hybridized carbons (Fsp3) is 0.500. The summed E-state index contributed by atoms with van der Waals surface area (Å²) in [4.78, 5) is 10.3. The summed E-state index contributed by atoms with van der Waals surface area (Å²) < 4.78 is 5.66. The highest BCUT2D eigenvalue weighted by atomic mass is 79.9. The van der Waals surface area contributed by atoms with Gasteiger partial charge in [-0.25, -0.2) is 0 Å². The Balaban J connectivity index is 2.58. The number of nitro benzene ring substituents is 1. The van der Waals surface area contributed by atoms with E-state index in [4.69, 9.17) is 4.74 Å². The molecule has 0 spiro atoms. The van der Waals surface area contributed by atoms with E-state index in [2.05, 4.69) is 21.2 Å². The zero-order valence-electron chi connectivity index (χ0n) is 10.8. The van der Waals surface area contributed by atoms with Crippen molar-refractivity contribution in [3.05, 3.63) is 32.8 Å². The first-order valence-electron chi connectivity index (χ1n) is 5.89. The van der Waals surface area contributed by atoms with Crippen LogP contribution in [0.3, 0.4) is 0 Å². The molecule has 0 heterocycles. The average molecular weight is 333 g/mol. The number of nitrogens with one attached hydrogen (secondary N) is 1. The highest BCUT2D eigenvalue weighted by molar-refractivity contribution is 9.10. The zero-order chi connectivity index (χ0) is 14.4. The standard InChI is InChI=1S/C12H17BrN2O4/c1-8(2)14-6-9(16)7-19-11-5-3-4-10(12(11)13)15(17)18/h3-5,8-9,14,16H,6-7H2,1-2H3. The van der Waals surface area contributed by atoms with Gasteiger partial charge in [0.25, 0.3) is 5.69 Å². The van der Waals surface area contributed by atoms with Gasteiger partial charge < -0.3 is 15.2 Å². The van der Waals surface area contributed by atoms with Crippen LogP contribution < -0.4 is 10.1 Å². The van der Waals surface area contributed by atoms with Crippen molar-refractivity contribution in [2.75, 3.05) is 13.2 Å². The smallest absolute Gasteiger partial charge is 0.287 e. The van der Waals surface area contributed by atoms with Crippen LogP contribution in [-0.4, -0.2) is 35.3 Å². The molecule has 1 unspecified atom stereocenters. The third-order valence-electron chi connectivity index (χ3n) is 2.33. The van der Waals surface area contributed by atoms with Crippen LogP contribution in [0.4, 0.5) is 5.69 Å². The molecule has 2 N–H and O–H groups in total. The van der Waals surface area contributed by atoms with E-state index in [1.165, 1.54) is 12.1 Å². The van der Waals surface area contributed by atoms with Crippen molar-refractivity contribution < 1.29 is 14.8 Å². The second-order valence-electron chi connectivity index (χ2n) is 4.37. The minimum absolute atomic E-state index is 0.0627. The number of nitrogens with zero attached hydrogens (tertiary/aromatic N) is 1. The van der Waals surface area contributed by atoms with Gasteiger partial charge in [0.05, 0.1) is 4.92 Å². The minimum Gasteiger partial charge on any atom is -0.489 e. The summed E-state index contributed by atoms with van der Waals surface area (Å²) in [5.74, 6) is 0.345. The maximum absolute atomic E-state index is 10.8. The van der Waals surface area contributed by atoms with Crippen molar-refractivity contribution in [3.63, 3.8) is 0 Å². The molecule has 0 saturated carbocycles. The van der Waals surface area contributed by atoms with Crippen LogP contribution >= 0.6 is 15.9 Å². The van der Waals surface area contributed by atoms with Gasteiger partial charge in [-0.15, -0.1) is 0 Å². The SMILES string of the molecule is CC(C)NCC(O)COc1cccc([N+](=O)[O-])c1Br. The predicted octanol–water partition coefficient (Wildman–Crippen LogP) is 2.09. The summed E-state index contributed by atoms with van der Waals surface area (Å²) in [7, 11) is 0. The Morgan fingerprint density at radius 1 is 1.53 bits per heavy atom. The molecule has 1 atom stereocenters. The first-order chi connectivity index (χ1) is 8.91. The molecule has 106 valence electrons. The summed E-state index contributed by atoms with van der Waals surface area (Å²) in [5, 5.41) is 23.5. The molecule has 1 aromatic rings. The molecular weight excluding hydrogens is 316 g/mol. The Hall–Kier alpha value is -1.18. The van der Waals surface area contributed by atoms with Crippen LogP contribution in [0.5, 0.6) is 5.75 Å². The van der Waals surface area contributed by atoms with Gasteiger partial charge in [0, 0.05) is 18.7 Å². The summed E-state index contributed by atoms with van der Waals surface area (Å²) >= 11 is 3.13. The monoisotopic (exact) mass is 332 g/mol. The van der Waals surface area contributed by atoms with Gasteiger partial charge in [-0.2, -0.15) is 0 Å². The summed E-state index contributed by atoms with van der Waals surface area (Å²) in [6.45, 7) is 4.43. The third-order valence-corrected chi connectivity index (χ3v) is 3.13. The normalized spacial score (nSPS) is 12.5. The van der Waals surface area contributed by atoms with Gasteiger partial charge in [0.1, 0.15) is 22.9 Å². The summed E-state index contributed by atoms with van der Waals surface area (Å²) in [6.07, 6.45) is -0.673. The van der Waals surface area contributed by atoms with E-state index in [9.17, 15) is 15.2 Å². The second-order valence-corrected chi connectivity index (χ2v) is 5.17. The fourth-order valence-corrected chi connectivity index (χ4v) is 1.89.